The highest BCUT2D eigenvalue weighted by atomic mass is 32.1. The highest BCUT2D eigenvalue weighted by molar-refractivity contribution is 7.20. The van der Waals surface area contributed by atoms with E-state index >= 15 is 0 Å². The quantitative estimate of drug-likeness (QED) is 0.706. The van der Waals surface area contributed by atoms with E-state index in [1.54, 1.807) is 12.1 Å². The summed E-state index contributed by atoms with van der Waals surface area (Å²) in [6, 6.07) is 5.91. The third kappa shape index (κ3) is 3.52. The normalized spacial score (nSPS) is 17.8. The predicted octanol–water partition coefficient (Wildman–Crippen LogP) is 4.41. The molecular weight excluding hydrogens is 377 g/mol. The Bertz CT molecular complexity index is 1030. The van der Waals surface area contributed by atoms with Crippen LogP contribution in [0, 0.1) is 26.6 Å². The first-order valence-corrected chi connectivity index (χ1v) is 10.2. The largest absolute Gasteiger partial charge is 0.376 e. The fourth-order valence-corrected chi connectivity index (χ4v) is 5.00. The Kier molecular flexibility index (Phi) is 5.12. The lowest BCUT2D eigenvalue weighted by Gasteiger charge is -2.24. The van der Waals surface area contributed by atoms with E-state index < -0.39 is 0 Å². The number of ether oxygens (including phenoxy) is 1. The molecule has 7 heteroatoms. The molecule has 2 aromatic heterocycles. The van der Waals surface area contributed by atoms with Crippen molar-refractivity contribution >= 4 is 27.5 Å². The number of nitrogens with one attached hydrogen (secondary N) is 1. The summed E-state index contributed by atoms with van der Waals surface area (Å²) < 4.78 is 19.2. The summed E-state index contributed by atoms with van der Waals surface area (Å²) >= 11 is 1.38. The van der Waals surface area contributed by atoms with Crippen molar-refractivity contribution in [1.29, 1.82) is 0 Å². The SMILES string of the molecule is Cc1nc(C)c2c(C)c(C(=O)N[C@@H](c3ccc(F)cc3)[C@H]3CCCO3)sc2n1. The number of aromatic nitrogens is 2. The fraction of sp³-hybridized carbons (Fsp3) is 0.381. The Labute approximate surface area is 167 Å². The lowest BCUT2D eigenvalue weighted by atomic mass is 9.99. The molecule has 0 bridgehead atoms. The van der Waals surface area contributed by atoms with Crippen LogP contribution in [-0.4, -0.2) is 28.6 Å². The summed E-state index contributed by atoms with van der Waals surface area (Å²) in [7, 11) is 0. The van der Waals surface area contributed by atoms with E-state index in [9.17, 15) is 9.18 Å². The highest BCUT2D eigenvalue weighted by Crippen LogP contribution is 2.33. The molecule has 1 saturated heterocycles. The van der Waals surface area contributed by atoms with Gasteiger partial charge < -0.3 is 10.1 Å². The van der Waals surface area contributed by atoms with E-state index in [-0.39, 0.29) is 23.9 Å². The molecule has 0 spiro atoms. The van der Waals surface area contributed by atoms with E-state index in [1.807, 2.05) is 20.8 Å². The van der Waals surface area contributed by atoms with Crippen LogP contribution in [0.1, 0.15) is 51.2 Å². The Morgan fingerprint density at radius 2 is 2.00 bits per heavy atom. The van der Waals surface area contributed by atoms with E-state index in [4.69, 9.17) is 4.74 Å². The molecule has 1 aliphatic heterocycles. The number of hydrogen-bond donors (Lipinski definition) is 1. The number of benzene rings is 1. The number of amides is 1. The first-order valence-electron chi connectivity index (χ1n) is 9.36. The molecule has 1 aliphatic rings. The van der Waals surface area contributed by atoms with Crippen molar-refractivity contribution in [3.05, 3.63) is 57.6 Å². The molecule has 1 N–H and O–H groups in total. The van der Waals surface area contributed by atoms with Crippen LogP contribution in [0.2, 0.25) is 0 Å². The molecule has 5 nitrogen and oxygen atoms in total. The lowest BCUT2D eigenvalue weighted by molar-refractivity contribution is 0.0674. The number of thiophene rings is 1. The molecule has 3 aromatic rings. The average molecular weight is 399 g/mol. The number of halogens is 1. The number of hydrogen-bond acceptors (Lipinski definition) is 5. The summed E-state index contributed by atoms with van der Waals surface area (Å²) in [5.41, 5.74) is 2.61. The highest BCUT2D eigenvalue weighted by Gasteiger charge is 2.30. The van der Waals surface area contributed by atoms with Crippen molar-refractivity contribution in [3.63, 3.8) is 0 Å². The molecule has 0 saturated carbocycles. The van der Waals surface area contributed by atoms with E-state index in [0.29, 0.717) is 17.3 Å². The Morgan fingerprint density at radius 1 is 1.25 bits per heavy atom. The van der Waals surface area contributed by atoms with Crippen molar-refractivity contribution in [2.75, 3.05) is 6.61 Å². The summed E-state index contributed by atoms with van der Waals surface area (Å²) in [6.45, 7) is 6.39. The molecule has 28 heavy (non-hydrogen) atoms. The number of carbonyl (C=O) groups is 1. The molecule has 3 heterocycles. The van der Waals surface area contributed by atoms with Crippen molar-refractivity contribution < 1.29 is 13.9 Å². The van der Waals surface area contributed by atoms with E-state index in [2.05, 4.69) is 15.3 Å². The topological polar surface area (TPSA) is 64.1 Å². The van der Waals surface area contributed by atoms with Gasteiger partial charge in [-0.2, -0.15) is 0 Å². The van der Waals surface area contributed by atoms with Gasteiger partial charge in [0.25, 0.3) is 5.91 Å². The minimum absolute atomic E-state index is 0.118. The van der Waals surface area contributed by atoms with Crippen LogP contribution in [0.4, 0.5) is 4.39 Å². The molecule has 1 aromatic carbocycles. The third-order valence-corrected chi connectivity index (χ3v) is 6.33. The summed E-state index contributed by atoms with van der Waals surface area (Å²) in [6.07, 6.45) is 1.69. The Morgan fingerprint density at radius 3 is 2.68 bits per heavy atom. The lowest BCUT2D eigenvalue weighted by Crippen LogP contribution is -2.36. The molecule has 2 atom stereocenters. The second-order valence-electron chi connectivity index (χ2n) is 7.15. The van der Waals surface area contributed by atoms with Gasteiger partial charge in [0.05, 0.1) is 17.0 Å². The van der Waals surface area contributed by atoms with Gasteiger partial charge in [-0.3, -0.25) is 4.79 Å². The smallest absolute Gasteiger partial charge is 0.262 e. The molecule has 0 radical (unpaired) electrons. The number of aryl methyl sites for hydroxylation is 3. The summed E-state index contributed by atoms with van der Waals surface area (Å²) in [5.74, 6) is 0.232. The second kappa shape index (κ2) is 7.56. The van der Waals surface area contributed by atoms with Gasteiger partial charge in [0.2, 0.25) is 0 Å². The summed E-state index contributed by atoms with van der Waals surface area (Å²) in [4.78, 5) is 23.5. The monoisotopic (exact) mass is 399 g/mol. The van der Waals surface area contributed by atoms with Crippen LogP contribution in [-0.2, 0) is 4.74 Å². The van der Waals surface area contributed by atoms with Gasteiger partial charge in [-0.15, -0.1) is 11.3 Å². The maximum absolute atomic E-state index is 13.4. The maximum atomic E-state index is 13.4. The molecule has 0 unspecified atom stereocenters. The molecule has 1 amide bonds. The van der Waals surface area contributed by atoms with Crippen LogP contribution in [0.25, 0.3) is 10.2 Å². The first-order chi connectivity index (χ1) is 13.4. The van der Waals surface area contributed by atoms with Crippen LogP contribution in [0.3, 0.4) is 0 Å². The molecule has 146 valence electrons. The average Bonchev–Trinajstić information content (AvgIpc) is 3.28. The number of nitrogens with zero attached hydrogens (tertiary/aromatic N) is 2. The standard InChI is InChI=1S/C21H22FN3O2S/c1-11-17-12(2)23-13(3)24-21(17)28-19(11)20(26)25-18(16-5-4-10-27-16)14-6-8-15(22)9-7-14/h6-9,16,18H,4-5,10H2,1-3H3,(H,25,26)/t16-,18+/m1/s1. The van der Waals surface area contributed by atoms with Crippen LogP contribution in [0.15, 0.2) is 24.3 Å². The van der Waals surface area contributed by atoms with Gasteiger partial charge >= 0.3 is 0 Å². The third-order valence-electron chi connectivity index (χ3n) is 5.14. The van der Waals surface area contributed by atoms with Gasteiger partial charge in [0, 0.05) is 17.7 Å². The first kappa shape index (κ1) is 19.0. The summed E-state index contributed by atoms with van der Waals surface area (Å²) in [5, 5.41) is 4.06. The molecule has 0 aliphatic carbocycles. The van der Waals surface area contributed by atoms with Gasteiger partial charge in [0.1, 0.15) is 16.5 Å². The van der Waals surface area contributed by atoms with Crippen molar-refractivity contribution in [2.24, 2.45) is 0 Å². The number of carbonyl (C=O) groups excluding carboxylic acids is 1. The Balaban J connectivity index is 1.68. The predicted molar refractivity (Wildman–Crippen MR) is 107 cm³/mol. The zero-order chi connectivity index (χ0) is 19.8. The van der Waals surface area contributed by atoms with Crippen LogP contribution < -0.4 is 5.32 Å². The Hall–Kier alpha value is -2.38. The minimum Gasteiger partial charge on any atom is -0.376 e. The van der Waals surface area contributed by atoms with E-state index in [1.165, 1.54) is 23.5 Å². The van der Waals surface area contributed by atoms with Crippen molar-refractivity contribution in [3.8, 4) is 0 Å². The molecular formula is C21H22FN3O2S. The van der Waals surface area contributed by atoms with Crippen molar-refractivity contribution in [2.45, 2.75) is 45.8 Å². The van der Waals surface area contributed by atoms with E-state index in [0.717, 1.165) is 39.9 Å². The van der Waals surface area contributed by atoms with Crippen molar-refractivity contribution in [1.82, 2.24) is 15.3 Å². The zero-order valence-electron chi connectivity index (χ0n) is 16.1. The number of rotatable bonds is 4. The number of fused-ring (bicyclic) bond motifs is 1. The fourth-order valence-electron chi connectivity index (χ4n) is 3.82. The van der Waals surface area contributed by atoms with Gasteiger partial charge in [-0.1, -0.05) is 12.1 Å². The van der Waals surface area contributed by atoms with Crippen LogP contribution >= 0.6 is 11.3 Å². The maximum Gasteiger partial charge on any atom is 0.262 e. The molecule has 1 fully saturated rings. The van der Waals surface area contributed by atoms with Crippen LogP contribution in [0.5, 0.6) is 0 Å². The van der Waals surface area contributed by atoms with Gasteiger partial charge in [-0.25, -0.2) is 14.4 Å². The second-order valence-corrected chi connectivity index (χ2v) is 8.15. The molecule has 4 rings (SSSR count). The zero-order valence-corrected chi connectivity index (χ0v) is 16.9. The van der Waals surface area contributed by atoms with Gasteiger partial charge in [0.15, 0.2) is 0 Å². The van der Waals surface area contributed by atoms with Gasteiger partial charge in [-0.05, 0) is 56.9 Å². The minimum atomic E-state index is -0.325.